The average molecular weight is 245 g/mol. The molecule has 0 saturated carbocycles. The third-order valence-corrected chi connectivity index (χ3v) is 2.70. The fourth-order valence-electron chi connectivity index (χ4n) is 1.74. The zero-order valence-corrected chi connectivity index (χ0v) is 10.3. The van der Waals surface area contributed by atoms with Crippen molar-refractivity contribution < 1.29 is 9.13 Å². The highest BCUT2D eigenvalue weighted by atomic mass is 19.1. The third-order valence-electron chi connectivity index (χ3n) is 2.70. The van der Waals surface area contributed by atoms with E-state index >= 15 is 0 Å². The summed E-state index contributed by atoms with van der Waals surface area (Å²) in [5.41, 5.74) is 7.56. The molecule has 2 rings (SSSR count). The molecule has 94 valence electrons. The lowest BCUT2D eigenvalue weighted by Crippen LogP contribution is -2.08. The quantitative estimate of drug-likeness (QED) is 0.895. The minimum Gasteiger partial charge on any atom is -0.489 e. The molecule has 0 bridgehead atoms. The fraction of sp³-hybridized carbons (Fsp3) is 0.200. The summed E-state index contributed by atoms with van der Waals surface area (Å²) in [7, 11) is 0. The van der Waals surface area contributed by atoms with Crippen LogP contribution < -0.4 is 10.5 Å². The zero-order chi connectivity index (χ0) is 13.0. The van der Waals surface area contributed by atoms with Crippen molar-refractivity contribution in [2.45, 2.75) is 19.6 Å². The average Bonchev–Trinajstić information content (AvgIpc) is 2.38. The molecule has 0 saturated heterocycles. The lowest BCUT2D eigenvalue weighted by Gasteiger charge is -2.14. The number of nitrogens with two attached hydrogens (primary N) is 1. The summed E-state index contributed by atoms with van der Waals surface area (Å²) in [5.74, 6) is 0.338. The summed E-state index contributed by atoms with van der Waals surface area (Å²) in [6, 6.07) is 14.0. The van der Waals surface area contributed by atoms with Crippen molar-refractivity contribution in [3.8, 4) is 5.75 Å². The van der Waals surface area contributed by atoms with Gasteiger partial charge in [0.2, 0.25) is 0 Å². The van der Waals surface area contributed by atoms with E-state index in [1.807, 2.05) is 37.3 Å². The van der Waals surface area contributed by atoms with Crippen LogP contribution in [0.2, 0.25) is 0 Å². The van der Waals surface area contributed by atoms with Gasteiger partial charge in [-0.3, -0.25) is 0 Å². The van der Waals surface area contributed by atoms with Crippen LogP contribution in [0.3, 0.4) is 0 Å². The second kappa shape index (κ2) is 5.65. The number of ether oxygens (including phenoxy) is 1. The fourth-order valence-corrected chi connectivity index (χ4v) is 1.74. The van der Waals surface area contributed by atoms with Crippen LogP contribution in [0, 0.1) is 5.82 Å². The molecule has 0 unspecified atom stereocenters. The molecule has 2 aromatic rings. The minimum absolute atomic E-state index is 0.258. The summed E-state index contributed by atoms with van der Waals surface area (Å²) < 4.78 is 18.9. The molecule has 0 fully saturated rings. The van der Waals surface area contributed by atoms with Crippen molar-refractivity contribution in [3.05, 3.63) is 65.5 Å². The van der Waals surface area contributed by atoms with Gasteiger partial charge < -0.3 is 10.5 Å². The van der Waals surface area contributed by atoms with Crippen LogP contribution in [0.25, 0.3) is 0 Å². The van der Waals surface area contributed by atoms with Crippen LogP contribution in [-0.4, -0.2) is 0 Å². The molecule has 2 nitrogen and oxygen atoms in total. The smallest absolute Gasteiger partial charge is 0.124 e. The van der Waals surface area contributed by atoms with Crippen LogP contribution in [0.5, 0.6) is 5.75 Å². The molecule has 0 aliphatic carbocycles. The molecule has 0 spiro atoms. The van der Waals surface area contributed by atoms with Crippen molar-refractivity contribution in [3.63, 3.8) is 0 Å². The standard InChI is InChI=1S/C15H16FNO/c1-11(17)14-9-13(16)7-8-15(14)18-10-12-5-3-2-4-6-12/h2-9,11H,10,17H2,1H3/t11-/m0/s1. The molecule has 3 heteroatoms. The first kappa shape index (κ1) is 12.6. The van der Waals surface area contributed by atoms with E-state index in [9.17, 15) is 4.39 Å². The van der Waals surface area contributed by atoms with Gasteiger partial charge >= 0.3 is 0 Å². The lowest BCUT2D eigenvalue weighted by molar-refractivity contribution is 0.301. The Labute approximate surface area is 106 Å². The molecular weight excluding hydrogens is 229 g/mol. The van der Waals surface area contributed by atoms with Crippen LogP contribution in [-0.2, 0) is 6.61 Å². The van der Waals surface area contributed by atoms with Gasteiger partial charge in [0.15, 0.2) is 0 Å². The number of hydrogen-bond acceptors (Lipinski definition) is 2. The normalized spacial score (nSPS) is 12.2. The molecule has 0 heterocycles. The molecule has 0 aromatic heterocycles. The monoisotopic (exact) mass is 245 g/mol. The summed E-state index contributed by atoms with van der Waals surface area (Å²) in [5, 5.41) is 0. The number of hydrogen-bond donors (Lipinski definition) is 1. The summed E-state index contributed by atoms with van der Waals surface area (Å²) >= 11 is 0. The van der Waals surface area contributed by atoms with Gasteiger partial charge in [0.1, 0.15) is 18.2 Å². The van der Waals surface area contributed by atoms with Crippen molar-refractivity contribution in [2.75, 3.05) is 0 Å². The summed E-state index contributed by atoms with van der Waals surface area (Å²) in [6.07, 6.45) is 0. The van der Waals surface area contributed by atoms with E-state index < -0.39 is 0 Å². The largest absolute Gasteiger partial charge is 0.489 e. The first-order valence-corrected chi connectivity index (χ1v) is 5.88. The molecule has 0 aliphatic rings. The maximum Gasteiger partial charge on any atom is 0.124 e. The minimum atomic E-state index is -0.297. The van der Waals surface area contributed by atoms with E-state index in [0.29, 0.717) is 17.9 Å². The van der Waals surface area contributed by atoms with E-state index in [4.69, 9.17) is 10.5 Å². The topological polar surface area (TPSA) is 35.2 Å². The van der Waals surface area contributed by atoms with Gasteiger partial charge in [0, 0.05) is 11.6 Å². The van der Waals surface area contributed by atoms with Crippen LogP contribution in [0.15, 0.2) is 48.5 Å². The third kappa shape index (κ3) is 3.08. The number of halogens is 1. The van der Waals surface area contributed by atoms with Crippen molar-refractivity contribution in [1.82, 2.24) is 0 Å². The van der Waals surface area contributed by atoms with E-state index in [0.717, 1.165) is 5.56 Å². The van der Waals surface area contributed by atoms with Gasteiger partial charge in [-0.05, 0) is 30.7 Å². The van der Waals surface area contributed by atoms with E-state index in [1.54, 1.807) is 6.07 Å². The van der Waals surface area contributed by atoms with Gasteiger partial charge in [0.25, 0.3) is 0 Å². The summed E-state index contributed by atoms with van der Waals surface area (Å²) in [4.78, 5) is 0. The molecule has 0 radical (unpaired) electrons. The molecule has 0 amide bonds. The van der Waals surface area contributed by atoms with Crippen molar-refractivity contribution in [2.24, 2.45) is 5.73 Å². The molecule has 0 aliphatic heterocycles. The predicted molar refractivity (Wildman–Crippen MR) is 69.8 cm³/mol. The predicted octanol–water partition coefficient (Wildman–Crippen LogP) is 3.42. The van der Waals surface area contributed by atoms with Gasteiger partial charge in [-0.15, -0.1) is 0 Å². The highest BCUT2D eigenvalue weighted by Gasteiger charge is 2.09. The molecule has 18 heavy (non-hydrogen) atoms. The zero-order valence-electron chi connectivity index (χ0n) is 10.3. The lowest BCUT2D eigenvalue weighted by atomic mass is 10.1. The molecule has 2 N–H and O–H groups in total. The van der Waals surface area contributed by atoms with E-state index in [2.05, 4.69) is 0 Å². The summed E-state index contributed by atoms with van der Waals surface area (Å²) in [6.45, 7) is 2.26. The second-order valence-corrected chi connectivity index (χ2v) is 4.25. The molecular formula is C15H16FNO. The highest BCUT2D eigenvalue weighted by molar-refractivity contribution is 5.36. The Morgan fingerprint density at radius 3 is 2.56 bits per heavy atom. The maximum atomic E-state index is 13.2. The highest BCUT2D eigenvalue weighted by Crippen LogP contribution is 2.25. The van der Waals surface area contributed by atoms with Crippen LogP contribution in [0.1, 0.15) is 24.1 Å². The van der Waals surface area contributed by atoms with Crippen LogP contribution >= 0.6 is 0 Å². The molecule has 1 atom stereocenters. The van der Waals surface area contributed by atoms with Gasteiger partial charge in [0.05, 0.1) is 0 Å². The first-order chi connectivity index (χ1) is 8.66. The van der Waals surface area contributed by atoms with E-state index in [-0.39, 0.29) is 11.9 Å². The second-order valence-electron chi connectivity index (χ2n) is 4.25. The van der Waals surface area contributed by atoms with Gasteiger partial charge in [-0.25, -0.2) is 4.39 Å². The first-order valence-electron chi connectivity index (χ1n) is 5.88. The van der Waals surface area contributed by atoms with Crippen molar-refractivity contribution in [1.29, 1.82) is 0 Å². The van der Waals surface area contributed by atoms with Gasteiger partial charge in [-0.2, -0.15) is 0 Å². The molecule has 2 aromatic carbocycles. The Bertz CT molecular complexity index is 511. The number of rotatable bonds is 4. The van der Waals surface area contributed by atoms with Crippen molar-refractivity contribution >= 4 is 0 Å². The number of benzene rings is 2. The maximum absolute atomic E-state index is 13.2. The Balaban J connectivity index is 2.14. The Hall–Kier alpha value is -1.87. The Morgan fingerprint density at radius 2 is 1.89 bits per heavy atom. The Morgan fingerprint density at radius 1 is 1.17 bits per heavy atom. The van der Waals surface area contributed by atoms with Gasteiger partial charge in [-0.1, -0.05) is 30.3 Å². The van der Waals surface area contributed by atoms with E-state index in [1.165, 1.54) is 12.1 Å². The van der Waals surface area contributed by atoms with Crippen LogP contribution in [0.4, 0.5) is 4.39 Å². The Kier molecular flexibility index (Phi) is 3.95. The SMILES string of the molecule is C[C@H](N)c1cc(F)ccc1OCc1ccccc1.